The predicted octanol–water partition coefficient (Wildman–Crippen LogP) is 3.67. The molecule has 0 atom stereocenters. The second kappa shape index (κ2) is 7.40. The third-order valence-corrected chi connectivity index (χ3v) is 4.90. The molecule has 0 unspecified atom stereocenters. The molecule has 1 saturated carbocycles. The van der Waals surface area contributed by atoms with E-state index in [1.54, 1.807) is 20.8 Å². The van der Waals surface area contributed by atoms with Gasteiger partial charge in [-0.1, -0.05) is 0 Å². The van der Waals surface area contributed by atoms with E-state index in [0.29, 0.717) is 4.90 Å². The molecule has 3 rings (SSSR count). The van der Waals surface area contributed by atoms with Gasteiger partial charge in [-0.3, -0.25) is 19.4 Å². The lowest BCUT2D eigenvalue weighted by atomic mass is 9.85. The highest BCUT2D eigenvalue weighted by Crippen LogP contribution is 2.37. The Hall–Kier alpha value is -2.49. The van der Waals surface area contributed by atoms with Crippen molar-refractivity contribution in [1.82, 2.24) is 4.90 Å². The summed E-state index contributed by atoms with van der Waals surface area (Å²) in [7, 11) is 0. The van der Waals surface area contributed by atoms with E-state index >= 15 is 0 Å². The summed E-state index contributed by atoms with van der Waals surface area (Å²) in [5.41, 5.74) is -2.90. The maximum absolute atomic E-state index is 14.0. The van der Waals surface area contributed by atoms with Gasteiger partial charge in [0.1, 0.15) is 5.60 Å². The summed E-state index contributed by atoms with van der Waals surface area (Å²) in [6, 6.07) is -0.764. The van der Waals surface area contributed by atoms with Crippen molar-refractivity contribution in [2.24, 2.45) is 5.92 Å². The third-order valence-electron chi connectivity index (χ3n) is 4.90. The third kappa shape index (κ3) is 3.73. The topological polar surface area (TPSA) is 72.9 Å². The van der Waals surface area contributed by atoms with E-state index < -0.39 is 69.7 Å². The number of hydrogen-bond acceptors (Lipinski definition) is 5. The van der Waals surface area contributed by atoms with Crippen LogP contribution >= 0.6 is 0 Å². The van der Waals surface area contributed by atoms with Gasteiger partial charge in [-0.2, -0.15) is 4.89 Å². The van der Waals surface area contributed by atoms with Gasteiger partial charge in [0.2, 0.25) is 0 Å². The molecule has 0 bridgehead atoms. The molecule has 1 aliphatic carbocycles. The fourth-order valence-electron chi connectivity index (χ4n) is 3.50. The maximum atomic E-state index is 14.0. The minimum atomic E-state index is -2.14. The van der Waals surface area contributed by atoms with Gasteiger partial charge in [0, 0.05) is 6.04 Å². The molecule has 1 heterocycles. The smallest absolute Gasteiger partial charge is 0.298 e. The molecular formula is C19H19F4NO5. The van der Waals surface area contributed by atoms with Gasteiger partial charge in [-0.15, -0.1) is 0 Å². The van der Waals surface area contributed by atoms with E-state index in [0.717, 1.165) is 0 Å². The van der Waals surface area contributed by atoms with Crippen molar-refractivity contribution < 1.29 is 41.7 Å². The van der Waals surface area contributed by atoms with Gasteiger partial charge in [-0.05, 0) is 46.5 Å². The molecule has 29 heavy (non-hydrogen) atoms. The zero-order chi connectivity index (χ0) is 21.7. The van der Waals surface area contributed by atoms with Crippen LogP contribution in [0.5, 0.6) is 0 Å². The lowest BCUT2D eigenvalue weighted by Crippen LogP contribution is -2.43. The van der Waals surface area contributed by atoms with Gasteiger partial charge in [0.15, 0.2) is 23.3 Å². The SMILES string of the molecule is CC(C)(C)OOC(=O)C1CCC(N2C(=O)c3c(F)c(F)c(F)c(F)c3C2=O)CC1. The minimum absolute atomic E-state index is 0.162. The Labute approximate surface area is 163 Å². The summed E-state index contributed by atoms with van der Waals surface area (Å²) in [5.74, 6) is -11.6. The van der Waals surface area contributed by atoms with E-state index in [1.165, 1.54) is 0 Å². The van der Waals surface area contributed by atoms with Crippen LogP contribution in [0.3, 0.4) is 0 Å². The van der Waals surface area contributed by atoms with Crippen molar-refractivity contribution in [2.75, 3.05) is 0 Å². The Bertz CT molecular complexity index is 841. The molecule has 0 radical (unpaired) electrons. The van der Waals surface area contributed by atoms with Crippen LogP contribution < -0.4 is 0 Å². The molecule has 2 amide bonds. The number of imide groups is 1. The number of carbonyl (C=O) groups excluding carboxylic acids is 3. The molecule has 1 aromatic carbocycles. The first-order valence-corrected chi connectivity index (χ1v) is 9.07. The number of fused-ring (bicyclic) bond motifs is 1. The van der Waals surface area contributed by atoms with Crippen LogP contribution in [0.4, 0.5) is 17.6 Å². The quantitative estimate of drug-likeness (QED) is 0.187. The normalized spacial score (nSPS) is 22.1. The van der Waals surface area contributed by atoms with E-state index in [1.807, 2.05) is 0 Å². The molecule has 1 fully saturated rings. The molecule has 1 aliphatic heterocycles. The second-order valence-corrected chi connectivity index (χ2v) is 8.09. The molecule has 0 saturated heterocycles. The van der Waals surface area contributed by atoms with Gasteiger partial charge in [0.25, 0.3) is 11.8 Å². The summed E-state index contributed by atoms with van der Waals surface area (Å²) in [4.78, 5) is 47.4. The molecule has 10 heteroatoms. The van der Waals surface area contributed by atoms with Crippen molar-refractivity contribution in [3.63, 3.8) is 0 Å². The standard InChI is InChI=1S/C19H19F4NO5/c1-19(2,3)29-28-18(27)8-4-6-9(7-5-8)24-16(25)10-11(17(24)26)13(21)15(23)14(22)12(10)20/h8-9H,4-7H2,1-3H3. The second-order valence-electron chi connectivity index (χ2n) is 8.09. The van der Waals surface area contributed by atoms with Crippen molar-refractivity contribution in [1.29, 1.82) is 0 Å². The number of amides is 2. The molecule has 0 aromatic heterocycles. The van der Waals surface area contributed by atoms with Gasteiger partial charge < -0.3 is 0 Å². The molecule has 2 aliphatic rings. The highest BCUT2D eigenvalue weighted by atomic mass is 19.2. The Morgan fingerprint density at radius 3 is 1.72 bits per heavy atom. The van der Waals surface area contributed by atoms with Crippen LogP contribution in [0, 0.1) is 29.2 Å². The van der Waals surface area contributed by atoms with Gasteiger partial charge in [-0.25, -0.2) is 22.4 Å². The zero-order valence-electron chi connectivity index (χ0n) is 16.0. The number of halogens is 4. The summed E-state index contributed by atoms with van der Waals surface area (Å²) in [5, 5.41) is 0. The van der Waals surface area contributed by atoms with Crippen molar-refractivity contribution in [3.8, 4) is 0 Å². The summed E-state index contributed by atoms with van der Waals surface area (Å²) in [6.45, 7) is 5.09. The molecule has 1 aromatic rings. The highest BCUT2D eigenvalue weighted by Gasteiger charge is 2.47. The number of rotatable bonds is 3. The van der Waals surface area contributed by atoms with Gasteiger partial charge in [0.05, 0.1) is 17.0 Å². The number of nitrogens with zero attached hydrogens (tertiary/aromatic N) is 1. The summed E-state index contributed by atoms with van der Waals surface area (Å²) < 4.78 is 55.0. The predicted molar refractivity (Wildman–Crippen MR) is 89.5 cm³/mol. The average molecular weight is 417 g/mol. The largest absolute Gasteiger partial charge is 0.345 e. The van der Waals surface area contributed by atoms with Crippen LogP contribution in [-0.2, 0) is 14.6 Å². The Balaban J connectivity index is 1.73. The van der Waals surface area contributed by atoms with Crippen molar-refractivity contribution >= 4 is 17.8 Å². The molecule has 158 valence electrons. The van der Waals surface area contributed by atoms with E-state index in [9.17, 15) is 31.9 Å². The Morgan fingerprint density at radius 1 is 0.862 bits per heavy atom. The van der Waals surface area contributed by atoms with Crippen LogP contribution in [-0.4, -0.2) is 34.3 Å². The molecule has 0 N–H and O–H groups in total. The fraction of sp³-hybridized carbons (Fsp3) is 0.526. The lowest BCUT2D eigenvalue weighted by Gasteiger charge is -2.32. The lowest BCUT2D eigenvalue weighted by molar-refractivity contribution is -0.323. The van der Waals surface area contributed by atoms with E-state index in [4.69, 9.17) is 9.78 Å². The number of hydrogen-bond donors (Lipinski definition) is 0. The first kappa shape index (κ1) is 21.2. The van der Waals surface area contributed by atoms with Crippen LogP contribution in [0.15, 0.2) is 0 Å². The fourth-order valence-corrected chi connectivity index (χ4v) is 3.50. The first-order chi connectivity index (χ1) is 13.4. The first-order valence-electron chi connectivity index (χ1n) is 9.07. The number of benzene rings is 1. The van der Waals surface area contributed by atoms with Gasteiger partial charge >= 0.3 is 5.97 Å². The molecular weight excluding hydrogens is 398 g/mol. The monoisotopic (exact) mass is 417 g/mol. The van der Waals surface area contributed by atoms with Crippen molar-refractivity contribution in [3.05, 3.63) is 34.4 Å². The van der Waals surface area contributed by atoms with E-state index in [2.05, 4.69) is 0 Å². The summed E-state index contributed by atoms with van der Waals surface area (Å²) >= 11 is 0. The van der Waals surface area contributed by atoms with Crippen molar-refractivity contribution in [2.45, 2.75) is 58.1 Å². The average Bonchev–Trinajstić information content (AvgIpc) is 2.92. The highest BCUT2D eigenvalue weighted by molar-refractivity contribution is 6.21. The van der Waals surface area contributed by atoms with Crippen LogP contribution in [0.25, 0.3) is 0 Å². The van der Waals surface area contributed by atoms with Crippen LogP contribution in [0.2, 0.25) is 0 Å². The molecule has 6 nitrogen and oxygen atoms in total. The van der Waals surface area contributed by atoms with Crippen LogP contribution in [0.1, 0.15) is 67.2 Å². The maximum Gasteiger partial charge on any atom is 0.345 e. The summed E-state index contributed by atoms with van der Waals surface area (Å²) in [6.07, 6.45) is 0.792. The number of carbonyl (C=O) groups is 3. The minimum Gasteiger partial charge on any atom is -0.298 e. The molecule has 0 spiro atoms. The Kier molecular flexibility index (Phi) is 5.42. The van der Waals surface area contributed by atoms with E-state index in [-0.39, 0.29) is 25.7 Å². The zero-order valence-corrected chi connectivity index (χ0v) is 16.0. The Morgan fingerprint density at radius 2 is 1.31 bits per heavy atom.